The second kappa shape index (κ2) is 8.20. The van der Waals surface area contributed by atoms with Crippen molar-refractivity contribution in [1.82, 2.24) is 4.72 Å². The molecule has 0 fully saturated rings. The molecule has 2 N–H and O–H groups in total. The largest absolute Gasteiger partial charge is 0.508 e. The van der Waals surface area contributed by atoms with Crippen LogP contribution in [0.25, 0.3) is 10.8 Å². The molecule has 140 valence electrons. The highest BCUT2D eigenvalue weighted by Crippen LogP contribution is 2.18. The summed E-state index contributed by atoms with van der Waals surface area (Å²) in [6.45, 7) is 0.234. The summed E-state index contributed by atoms with van der Waals surface area (Å²) in [7, 11) is -3.63. The topological polar surface area (TPSA) is 92.7 Å². The van der Waals surface area contributed by atoms with Crippen LogP contribution in [-0.4, -0.2) is 32.6 Å². The Balaban J connectivity index is 1.50. The molecule has 0 saturated carbocycles. The Hall–Kier alpha value is -2.90. The van der Waals surface area contributed by atoms with Crippen molar-refractivity contribution < 1.29 is 23.1 Å². The minimum Gasteiger partial charge on any atom is -0.508 e. The molecular formula is C20H19NO5S. The molecule has 0 aromatic heterocycles. The van der Waals surface area contributed by atoms with Crippen LogP contribution >= 0.6 is 0 Å². The molecule has 0 aliphatic carbocycles. The minimum atomic E-state index is -3.63. The van der Waals surface area contributed by atoms with Crippen LogP contribution in [0.3, 0.4) is 0 Å². The van der Waals surface area contributed by atoms with Crippen molar-refractivity contribution in [1.29, 1.82) is 0 Å². The number of fused-ring (bicyclic) bond motifs is 1. The van der Waals surface area contributed by atoms with Crippen molar-refractivity contribution in [2.24, 2.45) is 0 Å². The third-order valence-corrected chi connectivity index (χ3v) is 5.44. The van der Waals surface area contributed by atoms with Crippen LogP contribution in [-0.2, 0) is 14.8 Å². The van der Waals surface area contributed by atoms with Gasteiger partial charge in [-0.3, -0.25) is 0 Å². The molecule has 6 nitrogen and oxygen atoms in total. The van der Waals surface area contributed by atoms with Crippen molar-refractivity contribution in [3.8, 4) is 5.75 Å². The fraction of sp³-hybridized carbons (Fsp3) is 0.150. The fourth-order valence-corrected chi connectivity index (χ4v) is 3.65. The van der Waals surface area contributed by atoms with E-state index in [1.54, 1.807) is 18.2 Å². The first kappa shape index (κ1) is 18.9. The number of benzene rings is 3. The van der Waals surface area contributed by atoms with Crippen molar-refractivity contribution in [3.63, 3.8) is 0 Å². The number of sulfonamides is 1. The van der Waals surface area contributed by atoms with E-state index in [0.717, 1.165) is 10.8 Å². The Kier molecular flexibility index (Phi) is 5.73. The molecule has 0 saturated heterocycles. The van der Waals surface area contributed by atoms with Gasteiger partial charge in [0.15, 0.2) is 0 Å². The van der Waals surface area contributed by atoms with Gasteiger partial charge >= 0.3 is 5.97 Å². The molecule has 0 aliphatic rings. The Morgan fingerprint density at radius 2 is 1.67 bits per heavy atom. The first-order valence-electron chi connectivity index (χ1n) is 8.40. The maximum atomic E-state index is 12.4. The summed E-state index contributed by atoms with van der Waals surface area (Å²) in [5.41, 5.74) is 0.324. The van der Waals surface area contributed by atoms with Crippen molar-refractivity contribution >= 4 is 26.8 Å². The zero-order chi connectivity index (χ0) is 19.3. The van der Waals surface area contributed by atoms with Crippen LogP contribution in [0.1, 0.15) is 16.8 Å². The molecule has 0 radical (unpaired) electrons. The van der Waals surface area contributed by atoms with Gasteiger partial charge in [-0.2, -0.15) is 0 Å². The average molecular weight is 385 g/mol. The maximum absolute atomic E-state index is 12.4. The Morgan fingerprint density at radius 1 is 0.963 bits per heavy atom. The van der Waals surface area contributed by atoms with Crippen LogP contribution < -0.4 is 4.72 Å². The number of nitrogens with one attached hydrogen (secondary N) is 1. The number of rotatable bonds is 7. The Bertz CT molecular complexity index is 1050. The standard InChI is InChI=1S/C20H19NO5S/c22-18-9-6-16(7-10-18)20(23)26-13-3-12-21-27(24,25)19-11-8-15-4-1-2-5-17(15)14-19/h1-2,4-11,14,21-22H,3,12-13H2. The number of aromatic hydroxyl groups is 1. The van der Waals surface area contributed by atoms with Gasteiger partial charge in [0.25, 0.3) is 0 Å². The molecule has 0 heterocycles. The van der Waals surface area contributed by atoms with Gasteiger partial charge in [-0.05, 0) is 53.6 Å². The molecule has 7 heteroatoms. The van der Waals surface area contributed by atoms with Gasteiger partial charge in [-0.1, -0.05) is 30.3 Å². The number of hydrogen-bond donors (Lipinski definition) is 2. The number of esters is 1. The highest BCUT2D eigenvalue weighted by atomic mass is 32.2. The zero-order valence-electron chi connectivity index (χ0n) is 14.5. The Labute approximate surface area is 157 Å². The molecule has 0 bridgehead atoms. The smallest absolute Gasteiger partial charge is 0.338 e. The van der Waals surface area contributed by atoms with E-state index >= 15 is 0 Å². The minimum absolute atomic E-state index is 0.0645. The predicted molar refractivity (Wildman–Crippen MR) is 102 cm³/mol. The number of hydrogen-bond acceptors (Lipinski definition) is 5. The molecule has 3 rings (SSSR count). The van der Waals surface area contributed by atoms with Gasteiger partial charge in [0.2, 0.25) is 10.0 Å². The van der Waals surface area contributed by atoms with E-state index in [4.69, 9.17) is 4.74 Å². The molecule has 0 amide bonds. The lowest BCUT2D eigenvalue weighted by molar-refractivity contribution is 0.0502. The van der Waals surface area contributed by atoms with Crippen molar-refractivity contribution in [2.75, 3.05) is 13.2 Å². The lowest BCUT2D eigenvalue weighted by atomic mass is 10.1. The molecule has 0 spiro atoms. The van der Waals surface area contributed by atoms with E-state index in [-0.39, 0.29) is 23.8 Å². The third kappa shape index (κ3) is 4.84. The van der Waals surface area contributed by atoms with Gasteiger partial charge in [0.1, 0.15) is 5.75 Å². The number of carbonyl (C=O) groups excluding carboxylic acids is 1. The van der Waals surface area contributed by atoms with E-state index in [1.807, 2.05) is 24.3 Å². The summed E-state index contributed by atoms with van der Waals surface area (Å²) in [4.78, 5) is 12.0. The van der Waals surface area contributed by atoms with E-state index in [9.17, 15) is 18.3 Å². The third-order valence-electron chi connectivity index (χ3n) is 3.98. The molecule has 0 unspecified atom stereocenters. The quantitative estimate of drug-likeness (QED) is 0.482. The normalized spacial score (nSPS) is 11.4. The monoisotopic (exact) mass is 385 g/mol. The summed E-state index contributed by atoms with van der Waals surface area (Å²) < 4.78 is 32.4. The highest BCUT2D eigenvalue weighted by Gasteiger charge is 2.14. The van der Waals surface area contributed by atoms with Crippen LogP contribution in [0.4, 0.5) is 0 Å². The Morgan fingerprint density at radius 3 is 2.41 bits per heavy atom. The summed E-state index contributed by atoms with van der Waals surface area (Å²) in [5.74, 6) is -0.456. The lowest BCUT2D eigenvalue weighted by Crippen LogP contribution is -2.25. The van der Waals surface area contributed by atoms with Gasteiger partial charge in [-0.25, -0.2) is 17.9 Å². The number of phenols is 1. The summed E-state index contributed by atoms with van der Waals surface area (Å²) >= 11 is 0. The molecule has 27 heavy (non-hydrogen) atoms. The first-order chi connectivity index (χ1) is 13.0. The van der Waals surface area contributed by atoms with E-state index < -0.39 is 16.0 Å². The number of ether oxygens (including phenoxy) is 1. The zero-order valence-corrected chi connectivity index (χ0v) is 15.3. The maximum Gasteiger partial charge on any atom is 0.338 e. The fourth-order valence-electron chi connectivity index (χ4n) is 2.54. The molecule has 3 aromatic carbocycles. The number of carbonyl (C=O) groups is 1. The van der Waals surface area contributed by atoms with E-state index in [2.05, 4.69) is 4.72 Å². The van der Waals surface area contributed by atoms with Gasteiger partial charge in [0.05, 0.1) is 17.1 Å². The van der Waals surface area contributed by atoms with E-state index in [1.165, 1.54) is 24.3 Å². The highest BCUT2D eigenvalue weighted by molar-refractivity contribution is 7.89. The molecular weight excluding hydrogens is 366 g/mol. The SMILES string of the molecule is O=C(OCCCNS(=O)(=O)c1ccc2ccccc2c1)c1ccc(O)cc1. The second-order valence-electron chi connectivity index (χ2n) is 5.94. The number of phenolic OH excluding ortho intramolecular Hbond substituents is 1. The van der Waals surface area contributed by atoms with Gasteiger partial charge < -0.3 is 9.84 Å². The van der Waals surface area contributed by atoms with Crippen LogP contribution in [0.15, 0.2) is 71.6 Å². The summed E-state index contributed by atoms with van der Waals surface area (Å²) in [6.07, 6.45) is 0.344. The van der Waals surface area contributed by atoms with Crippen molar-refractivity contribution in [3.05, 3.63) is 72.3 Å². The summed E-state index contributed by atoms with van der Waals surface area (Å²) in [5, 5.41) is 11.0. The molecule has 3 aromatic rings. The average Bonchev–Trinajstić information content (AvgIpc) is 2.67. The molecule has 0 aliphatic heterocycles. The van der Waals surface area contributed by atoms with Crippen molar-refractivity contribution in [2.45, 2.75) is 11.3 Å². The van der Waals surface area contributed by atoms with Crippen LogP contribution in [0, 0.1) is 0 Å². The second-order valence-corrected chi connectivity index (χ2v) is 7.71. The van der Waals surface area contributed by atoms with Crippen LogP contribution in [0.2, 0.25) is 0 Å². The predicted octanol–water partition coefficient (Wildman–Crippen LogP) is 3.07. The van der Waals surface area contributed by atoms with Gasteiger partial charge in [-0.15, -0.1) is 0 Å². The van der Waals surface area contributed by atoms with Gasteiger partial charge in [0, 0.05) is 6.54 Å². The molecule has 0 atom stereocenters. The van der Waals surface area contributed by atoms with Crippen LogP contribution in [0.5, 0.6) is 5.75 Å². The van der Waals surface area contributed by atoms with E-state index in [0.29, 0.717) is 12.0 Å². The lowest BCUT2D eigenvalue weighted by Gasteiger charge is -2.08. The first-order valence-corrected chi connectivity index (χ1v) is 9.89. The summed E-state index contributed by atoms with van der Waals surface area (Å²) in [6, 6.07) is 18.2.